The topological polar surface area (TPSA) is 106 Å². The summed E-state index contributed by atoms with van der Waals surface area (Å²) in [6, 6.07) is 9.49. The molecule has 1 aliphatic rings. The van der Waals surface area contributed by atoms with Crippen molar-refractivity contribution in [3.63, 3.8) is 0 Å². The Labute approximate surface area is 180 Å². The zero-order valence-corrected chi connectivity index (χ0v) is 17.4. The molecule has 0 bridgehead atoms. The minimum Gasteiger partial charge on any atom is -0.457 e. The number of nitrogens with one attached hydrogen (secondary N) is 2. The van der Waals surface area contributed by atoms with Gasteiger partial charge in [0.15, 0.2) is 0 Å². The van der Waals surface area contributed by atoms with Crippen molar-refractivity contribution < 1.29 is 14.3 Å². The van der Waals surface area contributed by atoms with Gasteiger partial charge in [-0.2, -0.15) is 0 Å². The number of aryl methyl sites for hydroxylation is 2. The van der Waals surface area contributed by atoms with Crippen molar-refractivity contribution in [3.05, 3.63) is 76.9 Å². The van der Waals surface area contributed by atoms with E-state index < -0.39 is 0 Å². The molecule has 31 heavy (non-hydrogen) atoms. The van der Waals surface area contributed by atoms with Gasteiger partial charge in [0, 0.05) is 35.9 Å². The van der Waals surface area contributed by atoms with Crippen LogP contribution in [0.1, 0.15) is 50.4 Å². The average molecular weight is 417 g/mol. The van der Waals surface area contributed by atoms with Gasteiger partial charge in [0.1, 0.15) is 6.61 Å². The standard InChI is InChI=1S/C23H23N5O3/c1-14-4-3-9-24-20(14)13-31-23-25-11-17(12-26-23)22(30)28-19-10-16(6-5-15(19)2)21(29)27-18-7-8-18/h3-6,9-12,18H,7-8,13H2,1-2H3,(H,27,29)(H,28,30). The Morgan fingerprint density at radius 3 is 2.48 bits per heavy atom. The number of nitrogens with zero attached hydrogens (tertiary/aromatic N) is 3. The number of anilines is 1. The largest absolute Gasteiger partial charge is 0.457 e. The van der Waals surface area contributed by atoms with Crippen LogP contribution in [-0.4, -0.2) is 32.8 Å². The molecule has 8 heteroatoms. The summed E-state index contributed by atoms with van der Waals surface area (Å²) >= 11 is 0. The van der Waals surface area contributed by atoms with Crippen LogP contribution in [0.3, 0.4) is 0 Å². The molecule has 1 aliphatic carbocycles. The molecule has 0 unspecified atom stereocenters. The summed E-state index contributed by atoms with van der Waals surface area (Å²) in [5.41, 5.74) is 4.03. The molecule has 3 aromatic rings. The highest BCUT2D eigenvalue weighted by molar-refractivity contribution is 6.05. The fourth-order valence-electron chi connectivity index (χ4n) is 2.90. The third-order valence-electron chi connectivity index (χ3n) is 5.01. The normalized spacial score (nSPS) is 12.8. The first-order valence-corrected chi connectivity index (χ1v) is 10.1. The second kappa shape index (κ2) is 8.91. The van der Waals surface area contributed by atoms with E-state index in [0.29, 0.717) is 11.3 Å². The number of hydrogen-bond donors (Lipinski definition) is 2. The molecule has 158 valence electrons. The van der Waals surface area contributed by atoms with Crippen LogP contribution in [0.4, 0.5) is 5.69 Å². The van der Waals surface area contributed by atoms with Gasteiger partial charge in [-0.05, 0) is 56.0 Å². The summed E-state index contributed by atoms with van der Waals surface area (Å²) in [6.45, 7) is 4.06. The van der Waals surface area contributed by atoms with Gasteiger partial charge >= 0.3 is 6.01 Å². The lowest BCUT2D eigenvalue weighted by atomic mass is 10.1. The van der Waals surface area contributed by atoms with E-state index in [1.807, 2.05) is 32.0 Å². The molecule has 0 radical (unpaired) electrons. The van der Waals surface area contributed by atoms with E-state index >= 15 is 0 Å². The number of hydrogen-bond acceptors (Lipinski definition) is 6. The molecule has 2 N–H and O–H groups in total. The molecular weight excluding hydrogens is 394 g/mol. The second-order valence-electron chi connectivity index (χ2n) is 7.54. The number of ether oxygens (including phenoxy) is 1. The molecule has 2 amide bonds. The molecule has 0 saturated heterocycles. The lowest BCUT2D eigenvalue weighted by molar-refractivity contribution is 0.0949. The smallest absolute Gasteiger partial charge is 0.316 e. The van der Waals surface area contributed by atoms with Crippen LogP contribution in [0.15, 0.2) is 48.9 Å². The zero-order valence-electron chi connectivity index (χ0n) is 17.4. The van der Waals surface area contributed by atoms with Gasteiger partial charge in [0.05, 0.1) is 11.3 Å². The Balaban J connectivity index is 1.39. The first kappa shape index (κ1) is 20.5. The highest BCUT2D eigenvalue weighted by Crippen LogP contribution is 2.22. The summed E-state index contributed by atoms with van der Waals surface area (Å²) in [5.74, 6) is -0.499. The molecule has 0 spiro atoms. The highest BCUT2D eigenvalue weighted by Gasteiger charge is 2.24. The number of amides is 2. The monoisotopic (exact) mass is 417 g/mol. The summed E-state index contributed by atoms with van der Waals surface area (Å²) in [4.78, 5) is 37.4. The van der Waals surface area contributed by atoms with E-state index in [4.69, 9.17) is 4.74 Å². The fourth-order valence-corrected chi connectivity index (χ4v) is 2.90. The van der Waals surface area contributed by atoms with Gasteiger partial charge in [-0.25, -0.2) is 9.97 Å². The zero-order chi connectivity index (χ0) is 21.8. The average Bonchev–Trinajstić information content (AvgIpc) is 3.59. The van der Waals surface area contributed by atoms with Crippen molar-refractivity contribution in [2.45, 2.75) is 39.3 Å². The molecule has 0 atom stereocenters. The Morgan fingerprint density at radius 2 is 1.77 bits per heavy atom. The maximum atomic E-state index is 12.6. The predicted molar refractivity (Wildman–Crippen MR) is 115 cm³/mol. The van der Waals surface area contributed by atoms with Crippen molar-refractivity contribution in [2.24, 2.45) is 0 Å². The van der Waals surface area contributed by atoms with Crippen molar-refractivity contribution in [1.82, 2.24) is 20.3 Å². The van der Waals surface area contributed by atoms with Crippen LogP contribution >= 0.6 is 0 Å². The van der Waals surface area contributed by atoms with Crippen LogP contribution in [0.2, 0.25) is 0 Å². The van der Waals surface area contributed by atoms with Gasteiger partial charge in [0.25, 0.3) is 11.8 Å². The van der Waals surface area contributed by atoms with Gasteiger partial charge in [0.2, 0.25) is 0 Å². The lowest BCUT2D eigenvalue weighted by Crippen LogP contribution is -2.25. The first-order valence-electron chi connectivity index (χ1n) is 10.1. The number of pyridine rings is 1. The molecule has 1 fully saturated rings. The number of benzene rings is 1. The van der Waals surface area contributed by atoms with Gasteiger partial charge < -0.3 is 15.4 Å². The summed E-state index contributed by atoms with van der Waals surface area (Å²) in [5, 5.41) is 5.77. The molecule has 8 nitrogen and oxygen atoms in total. The Bertz CT molecular complexity index is 1110. The van der Waals surface area contributed by atoms with E-state index in [-0.39, 0.29) is 36.0 Å². The molecule has 4 rings (SSSR count). The van der Waals surface area contributed by atoms with Crippen LogP contribution in [-0.2, 0) is 6.61 Å². The minimum atomic E-state index is -0.366. The van der Waals surface area contributed by atoms with Crippen LogP contribution in [0.25, 0.3) is 0 Å². The van der Waals surface area contributed by atoms with E-state index in [9.17, 15) is 9.59 Å². The van der Waals surface area contributed by atoms with Gasteiger partial charge in [-0.15, -0.1) is 0 Å². The minimum absolute atomic E-state index is 0.133. The maximum Gasteiger partial charge on any atom is 0.316 e. The first-order chi connectivity index (χ1) is 15.0. The summed E-state index contributed by atoms with van der Waals surface area (Å²) in [6.07, 6.45) is 6.54. The predicted octanol–water partition coefficient (Wildman–Crippen LogP) is 3.21. The van der Waals surface area contributed by atoms with E-state index in [1.54, 1.807) is 18.3 Å². The molecule has 2 aromatic heterocycles. The van der Waals surface area contributed by atoms with Crippen LogP contribution < -0.4 is 15.4 Å². The van der Waals surface area contributed by atoms with E-state index in [0.717, 1.165) is 29.7 Å². The second-order valence-corrected chi connectivity index (χ2v) is 7.54. The number of carbonyl (C=O) groups excluding carboxylic acids is 2. The van der Waals surface area contributed by atoms with Crippen molar-refractivity contribution in [3.8, 4) is 6.01 Å². The Hall–Kier alpha value is -3.81. The molecular formula is C23H23N5O3. The molecule has 0 aliphatic heterocycles. The van der Waals surface area contributed by atoms with Crippen molar-refractivity contribution >= 4 is 17.5 Å². The van der Waals surface area contributed by atoms with E-state index in [2.05, 4.69) is 25.6 Å². The number of rotatable bonds is 7. The Morgan fingerprint density at radius 1 is 1.00 bits per heavy atom. The van der Waals surface area contributed by atoms with E-state index in [1.165, 1.54) is 12.4 Å². The van der Waals surface area contributed by atoms with Crippen LogP contribution in [0, 0.1) is 13.8 Å². The fraction of sp³-hybridized carbons (Fsp3) is 0.261. The molecule has 2 heterocycles. The quantitative estimate of drug-likeness (QED) is 0.611. The lowest BCUT2D eigenvalue weighted by Gasteiger charge is -2.11. The highest BCUT2D eigenvalue weighted by atomic mass is 16.5. The molecule has 1 aromatic carbocycles. The third-order valence-corrected chi connectivity index (χ3v) is 5.01. The van der Waals surface area contributed by atoms with Crippen molar-refractivity contribution in [1.29, 1.82) is 0 Å². The molecule has 1 saturated carbocycles. The van der Waals surface area contributed by atoms with Crippen LogP contribution in [0.5, 0.6) is 6.01 Å². The Kier molecular flexibility index (Phi) is 5.88. The van der Waals surface area contributed by atoms with Gasteiger partial charge in [-0.1, -0.05) is 12.1 Å². The summed E-state index contributed by atoms with van der Waals surface area (Å²) in [7, 11) is 0. The SMILES string of the molecule is Cc1ccc(C(=O)NC2CC2)cc1NC(=O)c1cnc(OCc2ncccc2C)nc1. The third kappa shape index (κ3) is 5.22. The number of aromatic nitrogens is 3. The van der Waals surface area contributed by atoms with Gasteiger partial charge in [-0.3, -0.25) is 14.6 Å². The summed E-state index contributed by atoms with van der Waals surface area (Å²) < 4.78 is 5.56. The van der Waals surface area contributed by atoms with Crippen molar-refractivity contribution in [2.75, 3.05) is 5.32 Å². The maximum absolute atomic E-state index is 12.6. The number of carbonyl (C=O) groups is 2.